The SMILES string of the molecule is CCCCOCCN1CC(C)(C)NCC1(C)C. The zero-order valence-electron chi connectivity index (χ0n) is 12.3. The topological polar surface area (TPSA) is 24.5 Å². The summed E-state index contributed by atoms with van der Waals surface area (Å²) >= 11 is 0. The summed E-state index contributed by atoms with van der Waals surface area (Å²) in [4.78, 5) is 2.55. The molecule has 1 N–H and O–H groups in total. The van der Waals surface area contributed by atoms with Crippen LogP contribution in [0.5, 0.6) is 0 Å². The van der Waals surface area contributed by atoms with Crippen molar-refractivity contribution in [2.75, 3.05) is 32.8 Å². The lowest BCUT2D eigenvalue weighted by atomic mass is 9.91. The highest BCUT2D eigenvalue weighted by molar-refractivity contribution is 4.97. The molecular weight excluding hydrogens is 212 g/mol. The Morgan fingerprint density at radius 2 is 1.88 bits per heavy atom. The van der Waals surface area contributed by atoms with Crippen LogP contribution in [0.1, 0.15) is 47.5 Å². The van der Waals surface area contributed by atoms with E-state index in [2.05, 4.69) is 44.8 Å². The molecule has 3 nitrogen and oxygen atoms in total. The van der Waals surface area contributed by atoms with Crippen molar-refractivity contribution < 1.29 is 4.74 Å². The van der Waals surface area contributed by atoms with Crippen LogP contribution in [0, 0.1) is 0 Å². The second kappa shape index (κ2) is 6.17. The van der Waals surface area contributed by atoms with Crippen LogP contribution in [-0.2, 0) is 4.74 Å². The number of rotatable bonds is 6. The Hall–Kier alpha value is -0.120. The first kappa shape index (κ1) is 14.9. The Morgan fingerprint density at radius 3 is 2.53 bits per heavy atom. The molecule has 0 aromatic heterocycles. The van der Waals surface area contributed by atoms with Crippen LogP contribution in [0.25, 0.3) is 0 Å². The molecule has 1 saturated heterocycles. The third-order valence-corrected chi connectivity index (χ3v) is 3.59. The molecule has 0 bridgehead atoms. The number of hydrogen-bond acceptors (Lipinski definition) is 3. The van der Waals surface area contributed by atoms with Crippen LogP contribution < -0.4 is 5.32 Å². The molecular formula is C14H30N2O. The molecule has 1 aliphatic heterocycles. The lowest BCUT2D eigenvalue weighted by Gasteiger charge is -2.49. The molecule has 1 rings (SSSR count). The van der Waals surface area contributed by atoms with Crippen molar-refractivity contribution >= 4 is 0 Å². The van der Waals surface area contributed by atoms with E-state index in [-0.39, 0.29) is 11.1 Å². The molecule has 0 spiro atoms. The Bertz CT molecular complexity index is 226. The van der Waals surface area contributed by atoms with Gasteiger partial charge in [-0.3, -0.25) is 4.90 Å². The fourth-order valence-electron chi connectivity index (χ4n) is 2.22. The maximum Gasteiger partial charge on any atom is 0.0593 e. The van der Waals surface area contributed by atoms with E-state index in [9.17, 15) is 0 Å². The zero-order valence-corrected chi connectivity index (χ0v) is 12.3. The lowest BCUT2D eigenvalue weighted by molar-refractivity contribution is 0.0105. The predicted octanol–water partition coefficient (Wildman–Crippen LogP) is 2.27. The Kier molecular flexibility index (Phi) is 5.42. The monoisotopic (exact) mass is 242 g/mol. The number of piperazine rings is 1. The zero-order chi connectivity index (χ0) is 12.9. The molecule has 1 fully saturated rings. The maximum absolute atomic E-state index is 5.68. The fourth-order valence-corrected chi connectivity index (χ4v) is 2.22. The van der Waals surface area contributed by atoms with Crippen molar-refractivity contribution in [3.8, 4) is 0 Å². The number of unbranched alkanes of at least 4 members (excludes halogenated alkanes) is 1. The van der Waals surface area contributed by atoms with Crippen LogP contribution >= 0.6 is 0 Å². The molecule has 102 valence electrons. The van der Waals surface area contributed by atoms with Crippen molar-refractivity contribution in [3.63, 3.8) is 0 Å². The van der Waals surface area contributed by atoms with Gasteiger partial charge in [0.1, 0.15) is 0 Å². The summed E-state index contributed by atoms with van der Waals surface area (Å²) in [7, 11) is 0. The van der Waals surface area contributed by atoms with Gasteiger partial charge in [0.15, 0.2) is 0 Å². The number of nitrogens with zero attached hydrogens (tertiary/aromatic N) is 1. The van der Waals surface area contributed by atoms with Crippen LogP contribution in [0.15, 0.2) is 0 Å². The highest BCUT2D eigenvalue weighted by Crippen LogP contribution is 2.22. The summed E-state index contributed by atoms with van der Waals surface area (Å²) in [5.74, 6) is 0. The second-order valence-corrected chi connectivity index (χ2v) is 6.44. The molecule has 0 unspecified atom stereocenters. The average molecular weight is 242 g/mol. The molecule has 1 aliphatic rings. The number of hydrogen-bond donors (Lipinski definition) is 1. The molecule has 3 heteroatoms. The summed E-state index contributed by atoms with van der Waals surface area (Å²) in [6.07, 6.45) is 2.39. The van der Waals surface area contributed by atoms with E-state index in [1.54, 1.807) is 0 Å². The normalized spacial score (nSPS) is 23.8. The summed E-state index contributed by atoms with van der Waals surface area (Å²) in [6, 6.07) is 0. The van der Waals surface area contributed by atoms with E-state index in [4.69, 9.17) is 4.74 Å². The van der Waals surface area contributed by atoms with Gasteiger partial charge in [-0.05, 0) is 34.1 Å². The van der Waals surface area contributed by atoms with Crippen LogP contribution in [0.3, 0.4) is 0 Å². The van der Waals surface area contributed by atoms with E-state index in [1.807, 2.05) is 0 Å². The number of ether oxygens (including phenoxy) is 1. The van der Waals surface area contributed by atoms with E-state index in [0.717, 1.165) is 32.8 Å². The Balaban J connectivity index is 2.33. The average Bonchev–Trinajstić information content (AvgIpc) is 2.23. The van der Waals surface area contributed by atoms with E-state index >= 15 is 0 Å². The third kappa shape index (κ3) is 4.94. The minimum absolute atomic E-state index is 0.221. The molecule has 0 amide bonds. The minimum Gasteiger partial charge on any atom is -0.380 e. The molecule has 0 saturated carbocycles. The van der Waals surface area contributed by atoms with Crippen LogP contribution in [0.2, 0.25) is 0 Å². The summed E-state index contributed by atoms with van der Waals surface area (Å²) in [5, 5.41) is 3.61. The van der Waals surface area contributed by atoms with E-state index in [0.29, 0.717) is 0 Å². The molecule has 0 aromatic carbocycles. The van der Waals surface area contributed by atoms with E-state index < -0.39 is 0 Å². The lowest BCUT2D eigenvalue weighted by Crippen LogP contribution is -2.66. The number of nitrogens with one attached hydrogen (secondary N) is 1. The van der Waals surface area contributed by atoms with Gasteiger partial charge in [0.05, 0.1) is 6.61 Å². The Labute approximate surface area is 107 Å². The molecule has 17 heavy (non-hydrogen) atoms. The van der Waals surface area contributed by atoms with Crippen molar-refractivity contribution in [1.82, 2.24) is 10.2 Å². The first-order valence-electron chi connectivity index (χ1n) is 6.95. The summed E-state index contributed by atoms with van der Waals surface area (Å²) < 4.78 is 5.68. The molecule has 0 radical (unpaired) electrons. The molecule has 0 aliphatic carbocycles. The molecule has 1 heterocycles. The summed E-state index contributed by atoms with van der Waals surface area (Å²) in [5.41, 5.74) is 0.461. The standard InChI is InChI=1S/C14H30N2O/c1-6-7-9-17-10-8-16-12-13(2,3)15-11-14(16,4)5/h15H,6-12H2,1-5H3. The summed E-state index contributed by atoms with van der Waals surface area (Å²) in [6.45, 7) is 16.3. The van der Waals surface area contributed by atoms with Crippen LogP contribution in [0.4, 0.5) is 0 Å². The van der Waals surface area contributed by atoms with Gasteiger partial charge in [0.25, 0.3) is 0 Å². The highest BCUT2D eigenvalue weighted by Gasteiger charge is 2.36. The smallest absolute Gasteiger partial charge is 0.0593 e. The fraction of sp³-hybridized carbons (Fsp3) is 1.00. The quantitative estimate of drug-likeness (QED) is 0.723. The van der Waals surface area contributed by atoms with Gasteiger partial charge < -0.3 is 10.1 Å². The first-order valence-corrected chi connectivity index (χ1v) is 6.95. The van der Waals surface area contributed by atoms with Crippen molar-refractivity contribution in [1.29, 1.82) is 0 Å². The molecule has 0 aromatic rings. The first-order chi connectivity index (χ1) is 7.87. The largest absolute Gasteiger partial charge is 0.380 e. The maximum atomic E-state index is 5.68. The van der Waals surface area contributed by atoms with Gasteiger partial charge in [-0.25, -0.2) is 0 Å². The van der Waals surface area contributed by atoms with Gasteiger partial charge in [0.2, 0.25) is 0 Å². The van der Waals surface area contributed by atoms with Gasteiger partial charge in [-0.2, -0.15) is 0 Å². The second-order valence-electron chi connectivity index (χ2n) is 6.44. The van der Waals surface area contributed by atoms with Gasteiger partial charge >= 0.3 is 0 Å². The van der Waals surface area contributed by atoms with Crippen molar-refractivity contribution in [2.24, 2.45) is 0 Å². The van der Waals surface area contributed by atoms with Crippen molar-refractivity contribution in [3.05, 3.63) is 0 Å². The highest BCUT2D eigenvalue weighted by atomic mass is 16.5. The van der Waals surface area contributed by atoms with Gasteiger partial charge in [-0.1, -0.05) is 13.3 Å². The minimum atomic E-state index is 0.221. The van der Waals surface area contributed by atoms with Crippen LogP contribution in [-0.4, -0.2) is 48.8 Å². The van der Waals surface area contributed by atoms with Gasteiger partial charge in [0, 0.05) is 37.3 Å². The predicted molar refractivity (Wildman–Crippen MR) is 73.5 cm³/mol. The van der Waals surface area contributed by atoms with Crippen molar-refractivity contribution in [2.45, 2.75) is 58.5 Å². The van der Waals surface area contributed by atoms with Gasteiger partial charge in [-0.15, -0.1) is 0 Å². The molecule has 0 atom stereocenters. The third-order valence-electron chi connectivity index (χ3n) is 3.59. The Morgan fingerprint density at radius 1 is 1.18 bits per heavy atom. The van der Waals surface area contributed by atoms with E-state index in [1.165, 1.54) is 12.8 Å².